The van der Waals surface area contributed by atoms with Crippen molar-refractivity contribution in [3.63, 3.8) is 0 Å². The maximum atomic E-state index is 13.3. The van der Waals surface area contributed by atoms with E-state index in [1.165, 1.54) is 30.5 Å². The minimum absolute atomic E-state index is 0.0148. The maximum Gasteiger partial charge on any atom is 0.242 e. The summed E-state index contributed by atoms with van der Waals surface area (Å²) in [5, 5.41) is 6.34. The number of benzene rings is 2. The van der Waals surface area contributed by atoms with E-state index in [-0.39, 0.29) is 23.2 Å². The van der Waals surface area contributed by atoms with Gasteiger partial charge in [-0.2, -0.15) is 11.8 Å². The van der Waals surface area contributed by atoms with E-state index in [0.29, 0.717) is 31.7 Å². The van der Waals surface area contributed by atoms with E-state index < -0.39 is 6.04 Å². The van der Waals surface area contributed by atoms with Crippen LogP contribution in [0.25, 0.3) is 0 Å². The molecule has 1 atom stereocenters. The molecule has 0 bridgehead atoms. The molecule has 2 N–H and O–H groups in total. The van der Waals surface area contributed by atoms with Crippen LogP contribution in [0.4, 0.5) is 4.39 Å². The summed E-state index contributed by atoms with van der Waals surface area (Å²) in [5.41, 5.74) is 3.38. The number of hydrogen-bond acceptors (Lipinski definition) is 5. The molecule has 1 aliphatic carbocycles. The first-order valence-electron chi connectivity index (χ1n) is 14.9. The van der Waals surface area contributed by atoms with Crippen molar-refractivity contribution in [3.05, 3.63) is 65.0 Å². The summed E-state index contributed by atoms with van der Waals surface area (Å²) in [5.74, 6) is 3.64. The average Bonchev–Trinajstić information content (AvgIpc) is 3.76. The molecular weight excluding hydrogens is 549 g/mol. The van der Waals surface area contributed by atoms with Crippen molar-refractivity contribution in [3.8, 4) is 18.1 Å². The Balaban J connectivity index is 0.000000363. The number of amides is 2. The molecule has 0 heterocycles. The normalized spacial score (nSPS) is 13.6. The van der Waals surface area contributed by atoms with Crippen LogP contribution in [0.15, 0.2) is 42.5 Å². The number of rotatable bonds is 16. The van der Waals surface area contributed by atoms with Crippen LogP contribution in [0, 0.1) is 25.1 Å². The molecule has 0 saturated heterocycles. The SMILES string of the molecule is C#Cc1cccc(C2(NCC)CC2)c1.CCNC(=O)C(CCSC)N(C)C(=O)CCCCCOc1cc(C)cc(F)c1. The van der Waals surface area contributed by atoms with Gasteiger partial charge in [0.15, 0.2) is 0 Å². The molecule has 1 fully saturated rings. The number of carbonyl (C=O) groups is 2. The molecule has 2 aromatic rings. The van der Waals surface area contributed by atoms with Gasteiger partial charge in [-0.3, -0.25) is 9.59 Å². The number of hydrogen-bond donors (Lipinski definition) is 2. The monoisotopic (exact) mass is 597 g/mol. The molecular formula is C34H48FN3O3S. The van der Waals surface area contributed by atoms with Gasteiger partial charge in [-0.1, -0.05) is 25.0 Å². The van der Waals surface area contributed by atoms with Crippen molar-refractivity contribution in [2.75, 3.05) is 38.8 Å². The highest BCUT2D eigenvalue weighted by molar-refractivity contribution is 7.98. The zero-order chi connectivity index (χ0) is 31.0. The lowest BCUT2D eigenvalue weighted by Gasteiger charge is -2.27. The minimum atomic E-state index is -0.417. The second-order valence-electron chi connectivity index (χ2n) is 10.7. The molecule has 8 heteroatoms. The Labute approximate surface area is 256 Å². The fourth-order valence-electron chi connectivity index (χ4n) is 4.84. The number of unbranched alkanes of at least 4 members (excludes halogenated alkanes) is 2. The van der Waals surface area contributed by atoms with Gasteiger partial charge in [-0.05, 0) is 106 Å². The van der Waals surface area contributed by atoms with Crippen LogP contribution in [0.2, 0.25) is 0 Å². The van der Waals surface area contributed by atoms with E-state index in [4.69, 9.17) is 11.2 Å². The van der Waals surface area contributed by atoms with E-state index in [2.05, 4.69) is 35.6 Å². The molecule has 2 amide bonds. The molecule has 1 saturated carbocycles. The largest absolute Gasteiger partial charge is 0.493 e. The standard InChI is InChI=1S/C21H33FN2O3S.C13H15N/c1-5-23-21(26)19(10-12-28-4)24(3)20(25)9-7-6-8-11-27-18-14-16(2)13-17(22)15-18;1-3-11-6-5-7-12(10-11)13(8-9-13)14-4-2/h13-15,19H,5-12H2,1-4H3,(H,23,26);1,5-7,10,14H,4,8-9H2,2H3. The molecule has 0 aromatic heterocycles. The van der Waals surface area contributed by atoms with Crippen LogP contribution in [-0.4, -0.2) is 61.5 Å². The molecule has 0 radical (unpaired) electrons. The fraction of sp³-hybridized carbons (Fsp3) is 0.529. The smallest absolute Gasteiger partial charge is 0.242 e. The quantitative estimate of drug-likeness (QED) is 0.182. The Morgan fingerprint density at radius 1 is 1.14 bits per heavy atom. The van der Waals surface area contributed by atoms with Crippen molar-refractivity contribution in [2.24, 2.45) is 0 Å². The molecule has 230 valence electrons. The third-order valence-corrected chi connectivity index (χ3v) is 7.92. The predicted octanol–water partition coefficient (Wildman–Crippen LogP) is 6.06. The Hall–Kier alpha value is -3.02. The number of aryl methyl sites for hydroxylation is 1. The lowest BCUT2D eigenvalue weighted by molar-refractivity contribution is -0.139. The third-order valence-electron chi connectivity index (χ3n) is 7.28. The van der Waals surface area contributed by atoms with Crippen molar-refractivity contribution in [1.29, 1.82) is 0 Å². The summed E-state index contributed by atoms with van der Waals surface area (Å²) in [7, 11) is 1.71. The Morgan fingerprint density at radius 3 is 2.52 bits per heavy atom. The summed E-state index contributed by atoms with van der Waals surface area (Å²) in [6, 6.07) is 12.5. The number of ether oxygens (including phenoxy) is 1. The second-order valence-corrected chi connectivity index (χ2v) is 11.6. The Kier molecular flexibility index (Phi) is 15.5. The van der Waals surface area contributed by atoms with E-state index >= 15 is 0 Å². The number of likely N-dealkylation sites (N-methyl/N-ethyl adjacent to an activating group) is 2. The van der Waals surface area contributed by atoms with Gasteiger partial charge in [0.1, 0.15) is 17.6 Å². The second kappa shape index (κ2) is 18.5. The van der Waals surface area contributed by atoms with Crippen molar-refractivity contribution in [1.82, 2.24) is 15.5 Å². The summed E-state index contributed by atoms with van der Waals surface area (Å²) in [6.45, 7) is 7.90. The number of nitrogens with zero attached hydrogens (tertiary/aromatic N) is 1. The van der Waals surface area contributed by atoms with Crippen molar-refractivity contribution < 1.29 is 18.7 Å². The summed E-state index contributed by atoms with van der Waals surface area (Å²) in [6.07, 6.45) is 13.3. The van der Waals surface area contributed by atoms with Gasteiger partial charge in [0.2, 0.25) is 11.8 Å². The van der Waals surface area contributed by atoms with Gasteiger partial charge in [0, 0.05) is 37.2 Å². The highest BCUT2D eigenvalue weighted by atomic mass is 32.2. The van der Waals surface area contributed by atoms with Crippen LogP contribution in [0.5, 0.6) is 5.75 Å². The maximum absolute atomic E-state index is 13.3. The fourth-order valence-corrected chi connectivity index (χ4v) is 5.30. The predicted molar refractivity (Wildman–Crippen MR) is 172 cm³/mol. The summed E-state index contributed by atoms with van der Waals surface area (Å²) in [4.78, 5) is 26.3. The number of nitrogens with one attached hydrogen (secondary N) is 2. The van der Waals surface area contributed by atoms with Crippen molar-refractivity contribution in [2.45, 2.75) is 77.3 Å². The Bertz CT molecular complexity index is 1160. The van der Waals surface area contributed by atoms with Gasteiger partial charge >= 0.3 is 0 Å². The topological polar surface area (TPSA) is 70.7 Å². The van der Waals surface area contributed by atoms with Gasteiger partial charge in [-0.15, -0.1) is 6.42 Å². The minimum Gasteiger partial charge on any atom is -0.493 e. The van der Waals surface area contributed by atoms with E-state index in [1.807, 2.05) is 32.2 Å². The zero-order valence-corrected chi connectivity index (χ0v) is 26.7. The van der Waals surface area contributed by atoms with Gasteiger partial charge in [0.25, 0.3) is 0 Å². The number of halogens is 1. The van der Waals surface area contributed by atoms with Crippen LogP contribution in [0.1, 0.15) is 75.5 Å². The average molecular weight is 598 g/mol. The molecule has 3 rings (SSSR count). The van der Waals surface area contributed by atoms with Crippen molar-refractivity contribution >= 4 is 23.6 Å². The molecule has 6 nitrogen and oxygen atoms in total. The van der Waals surface area contributed by atoms with Crippen LogP contribution in [-0.2, 0) is 15.1 Å². The summed E-state index contributed by atoms with van der Waals surface area (Å²) < 4.78 is 18.9. The van der Waals surface area contributed by atoms with E-state index in [1.54, 1.807) is 29.8 Å². The van der Waals surface area contributed by atoms with Gasteiger partial charge in [-0.25, -0.2) is 4.39 Å². The molecule has 42 heavy (non-hydrogen) atoms. The van der Waals surface area contributed by atoms with Crippen LogP contribution >= 0.6 is 11.8 Å². The Morgan fingerprint density at radius 2 is 1.90 bits per heavy atom. The van der Waals surface area contributed by atoms with E-state index in [0.717, 1.165) is 42.7 Å². The molecule has 2 aromatic carbocycles. The molecule has 0 aliphatic heterocycles. The summed E-state index contributed by atoms with van der Waals surface area (Å²) >= 11 is 1.67. The third kappa shape index (κ3) is 11.7. The molecule has 1 aliphatic rings. The first-order chi connectivity index (χ1) is 20.2. The number of carbonyl (C=O) groups excluding carboxylic acids is 2. The highest BCUT2D eigenvalue weighted by Crippen LogP contribution is 2.45. The van der Waals surface area contributed by atoms with Gasteiger partial charge in [0.05, 0.1) is 6.61 Å². The van der Waals surface area contributed by atoms with Gasteiger partial charge < -0.3 is 20.3 Å². The van der Waals surface area contributed by atoms with E-state index in [9.17, 15) is 14.0 Å². The van der Waals surface area contributed by atoms with Crippen LogP contribution in [0.3, 0.4) is 0 Å². The van der Waals surface area contributed by atoms with Crippen LogP contribution < -0.4 is 15.4 Å². The lowest BCUT2D eigenvalue weighted by Crippen LogP contribution is -2.48. The first-order valence-corrected chi connectivity index (χ1v) is 16.3. The highest BCUT2D eigenvalue weighted by Gasteiger charge is 2.43. The molecule has 0 spiro atoms. The lowest BCUT2D eigenvalue weighted by atomic mass is 10.0. The first kappa shape index (κ1) is 35.2. The number of thioether (sulfide) groups is 1. The molecule has 1 unspecified atom stereocenters. The number of terminal acetylenes is 1. The zero-order valence-electron chi connectivity index (χ0n) is 25.9.